The van der Waals surface area contributed by atoms with Crippen molar-refractivity contribution in [2.45, 2.75) is 19.1 Å². The Hall–Kier alpha value is -3.51. The van der Waals surface area contributed by atoms with Gasteiger partial charge < -0.3 is 10.1 Å². The third-order valence-corrected chi connectivity index (χ3v) is 5.39. The van der Waals surface area contributed by atoms with Crippen LogP contribution in [0.5, 0.6) is 0 Å². The zero-order valence-electron chi connectivity index (χ0n) is 16.5. The van der Waals surface area contributed by atoms with E-state index in [-0.39, 0.29) is 12.0 Å². The van der Waals surface area contributed by atoms with Gasteiger partial charge in [-0.25, -0.2) is 0 Å². The number of ether oxygens (including phenoxy) is 1. The molecule has 1 aliphatic heterocycles. The minimum Gasteiger partial charge on any atom is -0.370 e. The summed E-state index contributed by atoms with van der Waals surface area (Å²) in [5.74, 6) is -0.131. The predicted octanol–water partition coefficient (Wildman–Crippen LogP) is 3.52. The van der Waals surface area contributed by atoms with Gasteiger partial charge in [0.05, 0.1) is 29.9 Å². The molecule has 0 aliphatic carbocycles. The van der Waals surface area contributed by atoms with Crippen LogP contribution >= 0.6 is 0 Å². The van der Waals surface area contributed by atoms with E-state index >= 15 is 0 Å². The van der Waals surface area contributed by atoms with Gasteiger partial charge in [-0.05, 0) is 29.7 Å². The summed E-state index contributed by atoms with van der Waals surface area (Å²) < 4.78 is 7.90. The molecule has 1 atom stereocenters. The molecule has 3 heterocycles. The smallest absolute Gasteiger partial charge is 0.252 e. The van der Waals surface area contributed by atoms with Gasteiger partial charge in [-0.1, -0.05) is 48.5 Å². The SMILES string of the molecule is O=C(NCC1OCCc2cn(Cc3ccccc3)nc21)c1ccnc2ccccc12. The molecule has 1 amide bonds. The molecule has 6 heteroatoms. The van der Waals surface area contributed by atoms with Gasteiger partial charge in [-0.2, -0.15) is 5.10 Å². The second-order valence-electron chi connectivity index (χ2n) is 7.42. The van der Waals surface area contributed by atoms with Crippen molar-refractivity contribution < 1.29 is 9.53 Å². The number of carbonyl (C=O) groups excluding carboxylic acids is 1. The molecule has 0 fully saturated rings. The molecule has 1 aliphatic rings. The quantitative estimate of drug-likeness (QED) is 0.558. The number of para-hydroxylation sites is 1. The number of rotatable bonds is 5. The van der Waals surface area contributed by atoms with Gasteiger partial charge >= 0.3 is 0 Å². The third kappa shape index (κ3) is 3.69. The third-order valence-electron chi connectivity index (χ3n) is 5.39. The van der Waals surface area contributed by atoms with Crippen LogP contribution in [0.25, 0.3) is 10.9 Å². The zero-order chi connectivity index (χ0) is 20.3. The highest BCUT2D eigenvalue weighted by Gasteiger charge is 2.25. The van der Waals surface area contributed by atoms with E-state index in [1.54, 1.807) is 12.3 Å². The van der Waals surface area contributed by atoms with E-state index in [1.165, 1.54) is 11.1 Å². The van der Waals surface area contributed by atoms with Gasteiger partial charge in [0.25, 0.3) is 5.91 Å². The first-order chi connectivity index (χ1) is 14.8. The van der Waals surface area contributed by atoms with Crippen molar-refractivity contribution >= 4 is 16.8 Å². The molecule has 0 spiro atoms. The Kier molecular flexibility index (Phi) is 4.99. The van der Waals surface area contributed by atoms with Crippen molar-refractivity contribution in [3.05, 3.63) is 95.4 Å². The van der Waals surface area contributed by atoms with Crippen LogP contribution in [0.4, 0.5) is 0 Å². The fraction of sp³-hybridized carbons (Fsp3) is 0.208. The number of hydrogen-bond donors (Lipinski definition) is 1. The first-order valence-electron chi connectivity index (χ1n) is 10.1. The van der Waals surface area contributed by atoms with E-state index in [1.807, 2.05) is 47.1 Å². The van der Waals surface area contributed by atoms with E-state index in [4.69, 9.17) is 9.84 Å². The lowest BCUT2D eigenvalue weighted by molar-refractivity contribution is 0.0383. The Morgan fingerprint density at radius 1 is 1.10 bits per heavy atom. The minimum absolute atomic E-state index is 0.131. The normalized spacial score (nSPS) is 15.7. The molecular formula is C24H22N4O2. The largest absolute Gasteiger partial charge is 0.370 e. The second-order valence-corrected chi connectivity index (χ2v) is 7.42. The summed E-state index contributed by atoms with van der Waals surface area (Å²) in [6, 6.07) is 19.7. The number of fused-ring (bicyclic) bond motifs is 2. The monoisotopic (exact) mass is 398 g/mol. The van der Waals surface area contributed by atoms with Crippen molar-refractivity contribution in [1.82, 2.24) is 20.1 Å². The van der Waals surface area contributed by atoms with Gasteiger partial charge in [0, 0.05) is 24.3 Å². The van der Waals surface area contributed by atoms with Gasteiger partial charge in [0.1, 0.15) is 6.10 Å². The van der Waals surface area contributed by atoms with Crippen LogP contribution in [0, 0.1) is 0 Å². The molecule has 30 heavy (non-hydrogen) atoms. The van der Waals surface area contributed by atoms with E-state index in [9.17, 15) is 4.79 Å². The number of amides is 1. The molecule has 6 nitrogen and oxygen atoms in total. The predicted molar refractivity (Wildman–Crippen MR) is 114 cm³/mol. The van der Waals surface area contributed by atoms with Crippen molar-refractivity contribution in [1.29, 1.82) is 0 Å². The molecule has 150 valence electrons. The molecule has 2 aromatic carbocycles. The van der Waals surface area contributed by atoms with Crippen LogP contribution < -0.4 is 5.32 Å². The first-order valence-corrected chi connectivity index (χ1v) is 10.1. The molecule has 0 saturated heterocycles. The maximum atomic E-state index is 12.8. The highest BCUT2D eigenvalue weighted by atomic mass is 16.5. The highest BCUT2D eigenvalue weighted by molar-refractivity contribution is 6.05. The van der Waals surface area contributed by atoms with E-state index < -0.39 is 0 Å². The van der Waals surface area contributed by atoms with Crippen LogP contribution in [0.3, 0.4) is 0 Å². The Bertz CT molecular complexity index is 1180. The molecule has 1 unspecified atom stereocenters. The average molecular weight is 398 g/mol. The molecule has 0 radical (unpaired) electrons. The van der Waals surface area contributed by atoms with Crippen LogP contribution in [0.2, 0.25) is 0 Å². The van der Waals surface area contributed by atoms with Crippen LogP contribution in [0.1, 0.15) is 33.3 Å². The number of nitrogens with one attached hydrogen (secondary N) is 1. The van der Waals surface area contributed by atoms with Crippen LogP contribution in [0.15, 0.2) is 73.1 Å². The standard InChI is InChI=1S/C24H22N4O2/c29-24(20-10-12-25-21-9-5-4-8-19(20)21)26-14-22-23-18(11-13-30-22)16-28(27-23)15-17-6-2-1-3-7-17/h1-10,12,16,22H,11,13-15H2,(H,26,29). The fourth-order valence-corrected chi connectivity index (χ4v) is 3.91. The van der Waals surface area contributed by atoms with Gasteiger partial charge in [0.2, 0.25) is 0 Å². The van der Waals surface area contributed by atoms with Gasteiger partial charge in [-0.15, -0.1) is 0 Å². The van der Waals surface area contributed by atoms with E-state index in [0.29, 0.717) is 18.7 Å². The Labute approximate surface area is 174 Å². The number of carbonyl (C=O) groups is 1. The molecule has 2 aromatic heterocycles. The topological polar surface area (TPSA) is 69.0 Å². The summed E-state index contributed by atoms with van der Waals surface area (Å²) >= 11 is 0. The number of pyridine rings is 1. The van der Waals surface area contributed by atoms with Crippen molar-refractivity contribution in [2.75, 3.05) is 13.2 Å². The second kappa shape index (κ2) is 8.08. The average Bonchev–Trinajstić information content (AvgIpc) is 3.20. The van der Waals surface area contributed by atoms with Crippen LogP contribution in [-0.2, 0) is 17.7 Å². The first kappa shape index (κ1) is 18.5. The number of aromatic nitrogens is 3. The molecule has 1 N–H and O–H groups in total. The van der Waals surface area contributed by atoms with E-state index in [0.717, 1.165) is 29.6 Å². The number of hydrogen-bond acceptors (Lipinski definition) is 4. The molecule has 4 aromatic rings. The van der Waals surface area contributed by atoms with Crippen molar-refractivity contribution in [3.63, 3.8) is 0 Å². The summed E-state index contributed by atoms with van der Waals surface area (Å²) in [4.78, 5) is 17.2. The Morgan fingerprint density at radius 2 is 1.93 bits per heavy atom. The lowest BCUT2D eigenvalue weighted by Gasteiger charge is -2.22. The van der Waals surface area contributed by atoms with Gasteiger partial charge in [-0.3, -0.25) is 14.5 Å². The summed E-state index contributed by atoms with van der Waals surface area (Å²) in [5.41, 5.74) is 4.72. The van der Waals surface area contributed by atoms with Crippen molar-refractivity contribution in [3.8, 4) is 0 Å². The molecule has 0 bridgehead atoms. The Balaban J connectivity index is 1.31. The summed E-state index contributed by atoms with van der Waals surface area (Å²) in [6.45, 7) is 1.73. The lowest BCUT2D eigenvalue weighted by Crippen LogP contribution is -2.32. The van der Waals surface area contributed by atoms with E-state index in [2.05, 4.69) is 28.6 Å². The maximum absolute atomic E-state index is 12.8. The molecule has 5 rings (SSSR count). The summed E-state index contributed by atoms with van der Waals surface area (Å²) in [7, 11) is 0. The molecule has 0 saturated carbocycles. The highest BCUT2D eigenvalue weighted by Crippen LogP contribution is 2.26. The summed E-state index contributed by atoms with van der Waals surface area (Å²) in [5, 5.41) is 8.62. The minimum atomic E-state index is -0.247. The number of nitrogens with zero attached hydrogens (tertiary/aromatic N) is 3. The van der Waals surface area contributed by atoms with Crippen LogP contribution in [-0.4, -0.2) is 33.8 Å². The number of benzene rings is 2. The lowest BCUT2D eigenvalue weighted by atomic mass is 10.1. The van der Waals surface area contributed by atoms with Gasteiger partial charge in [0.15, 0.2) is 0 Å². The van der Waals surface area contributed by atoms with Crippen molar-refractivity contribution in [2.24, 2.45) is 0 Å². The fourth-order valence-electron chi connectivity index (χ4n) is 3.91. The summed E-state index contributed by atoms with van der Waals surface area (Å²) in [6.07, 6.45) is 4.35. The zero-order valence-corrected chi connectivity index (χ0v) is 16.5. The maximum Gasteiger partial charge on any atom is 0.252 e. The molecular weight excluding hydrogens is 376 g/mol. The Morgan fingerprint density at radius 3 is 2.83 bits per heavy atom.